The van der Waals surface area contributed by atoms with Crippen molar-refractivity contribution in [1.82, 2.24) is 15.2 Å². The molecule has 0 aliphatic rings. The molecule has 0 unspecified atom stereocenters. The molecule has 4 nitrogen and oxygen atoms in total. The SMILES string of the molecule is CCN[C@H](C)CNC(=O)c1cc(C)n(-c2ccccc2)c1C. The summed E-state index contributed by atoms with van der Waals surface area (Å²) in [5, 5.41) is 6.29. The molecule has 2 aromatic rings. The van der Waals surface area contributed by atoms with Gasteiger partial charge in [-0.2, -0.15) is 0 Å². The summed E-state index contributed by atoms with van der Waals surface area (Å²) in [7, 11) is 0. The van der Waals surface area contributed by atoms with Crippen LogP contribution >= 0.6 is 0 Å². The van der Waals surface area contributed by atoms with Crippen LogP contribution in [0.15, 0.2) is 36.4 Å². The second-order valence-corrected chi connectivity index (χ2v) is 5.62. The summed E-state index contributed by atoms with van der Waals surface area (Å²) in [6.45, 7) is 9.67. The van der Waals surface area contributed by atoms with Gasteiger partial charge in [-0.25, -0.2) is 0 Å². The molecule has 4 heteroatoms. The number of amides is 1. The van der Waals surface area contributed by atoms with E-state index >= 15 is 0 Å². The van der Waals surface area contributed by atoms with Gasteiger partial charge in [-0.1, -0.05) is 25.1 Å². The van der Waals surface area contributed by atoms with E-state index in [9.17, 15) is 4.79 Å². The molecule has 0 saturated carbocycles. The summed E-state index contributed by atoms with van der Waals surface area (Å²) in [4.78, 5) is 12.4. The number of carbonyl (C=O) groups excluding carboxylic acids is 1. The topological polar surface area (TPSA) is 46.1 Å². The highest BCUT2D eigenvalue weighted by Gasteiger charge is 2.16. The molecule has 118 valence electrons. The minimum absolute atomic E-state index is 0.0139. The van der Waals surface area contributed by atoms with Gasteiger partial charge in [0.1, 0.15) is 0 Å². The third kappa shape index (κ3) is 3.57. The number of aromatic nitrogens is 1. The van der Waals surface area contributed by atoms with E-state index in [4.69, 9.17) is 0 Å². The largest absolute Gasteiger partial charge is 0.350 e. The number of hydrogen-bond acceptors (Lipinski definition) is 2. The lowest BCUT2D eigenvalue weighted by Gasteiger charge is -2.13. The summed E-state index contributed by atoms with van der Waals surface area (Å²) in [6.07, 6.45) is 0. The van der Waals surface area contributed by atoms with Gasteiger partial charge in [0.15, 0.2) is 0 Å². The molecule has 0 spiro atoms. The molecule has 0 bridgehead atoms. The van der Waals surface area contributed by atoms with Gasteiger partial charge >= 0.3 is 0 Å². The van der Waals surface area contributed by atoms with Gasteiger partial charge in [-0.15, -0.1) is 0 Å². The molecule has 0 radical (unpaired) electrons. The van der Waals surface area contributed by atoms with Crippen LogP contribution in [0.25, 0.3) is 5.69 Å². The number of nitrogens with one attached hydrogen (secondary N) is 2. The van der Waals surface area contributed by atoms with Crippen molar-refractivity contribution in [3.05, 3.63) is 53.3 Å². The van der Waals surface area contributed by atoms with Crippen LogP contribution < -0.4 is 10.6 Å². The minimum atomic E-state index is -0.0139. The normalized spacial score (nSPS) is 12.2. The maximum absolute atomic E-state index is 12.4. The maximum atomic E-state index is 12.4. The fourth-order valence-electron chi connectivity index (χ4n) is 2.73. The van der Waals surface area contributed by atoms with Gasteiger partial charge in [-0.3, -0.25) is 4.79 Å². The Hall–Kier alpha value is -2.07. The lowest BCUT2D eigenvalue weighted by atomic mass is 10.2. The number of nitrogens with zero attached hydrogens (tertiary/aromatic N) is 1. The Labute approximate surface area is 132 Å². The number of para-hydroxylation sites is 1. The number of benzene rings is 1. The zero-order chi connectivity index (χ0) is 16.1. The third-order valence-electron chi connectivity index (χ3n) is 3.81. The van der Waals surface area contributed by atoms with Crippen LogP contribution in [0.4, 0.5) is 0 Å². The molecular formula is C18H25N3O. The van der Waals surface area contributed by atoms with Gasteiger partial charge in [0, 0.05) is 29.7 Å². The second-order valence-electron chi connectivity index (χ2n) is 5.62. The molecule has 2 N–H and O–H groups in total. The number of aryl methyl sites for hydroxylation is 1. The zero-order valence-corrected chi connectivity index (χ0v) is 13.8. The van der Waals surface area contributed by atoms with Crippen LogP contribution in [-0.2, 0) is 0 Å². The van der Waals surface area contributed by atoms with E-state index in [1.165, 1.54) is 0 Å². The van der Waals surface area contributed by atoms with Gasteiger partial charge < -0.3 is 15.2 Å². The van der Waals surface area contributed by atoms with Gasteiger partial charge in [0.2, 0.25) is 0 Å². The highest BCUT2D eigenvalue weighted by atomic mass is 16.1. The standard InChI is InChI=1S/C18H25N3O/c1-5-19-13(2)12-20-18(22)17-11-14(3)21(15(17)4)16-9-7-6-8-10-16/h6-11,13,19H,5,12H2,1-4H3,(H,20,22)/t13-/m1/s1. The Morgan fingerprint density at radius 1 is 1.23 bits per heavy atom. The lowest BCUT2D eigenvalue weighted by molar-refractivity contribution is 0.0949. The first-order valence-electron chi connectivity index (χ1n) is 7.80. The number of rotatable bonds is 6. The van der Waals surface area contributed by atoms with Crippen LogP contribution in [0.2, 0.25) is 0 Å². The molecular weight excluding hydrogens is 274 g/mol. The van der Waals surface area contributed by atoms with Crippen molar-refractivity contribution >= 4 is 5.91 Å². The molecule has 2 rings (SSSR count). The molecule has 1 heterocycles. The first-order chi connectivity index (χ1) is 10.5. The predicted molar refractivity (Wildman–Crippen MR) is 90.7 cm³/mol. The Morgan fingerprint density at radius 2 is 1.91 bits per heavy atom. The number of likely N-dealkylation sites (N-methyl/N-ethyl adjacent to an activating group) is 1. The van der Waals surface area contributed by atoms with Gasteiger partial charge in [0.25, 0.3) is 5.91 Å². The van der Waals surface area contributed by atoms with Crippen LogP contribution in [0.5, 0.6) is 0 Å². The molecule has 1 amide bonds. The van der Waals surface area contributed by atoms with Crippen molar-refractivity contribution in [3.8, 4) is 5.69 Å². The summed E-state index contributed by atoms with van der Waals surface area (Å²) < 4.78 is 2.11. The number of hydrogen-bond donors (Lipinski definition) is 2. The Bertz CT molecular complexity index is 631. The van der Waals surface area contributed by atoms with Crippen LogP contribution in [0, 0.1) is 13.8 Å². The van der Waals surface area contributed by atoms with Crippen molar-refractivity contribution in [2.75, 3.05) is 13.1 Å². The van der Waals surface area contributed by atoms with E-state index in [2.05, 4.69) is 41.2 Å². The number of carbonyl (C=O) groups is 1. The average Bonchev–Trinajstić information content (AvgIpc) is 2.81. The van der Waals surface area contributed by atoms with Crippen molar-refractivity contribution < 1.29 is 4.79 Å². The van der Waals surface area contributed by atoms with E-state index in [0.29, 0.717) is 6.54 Å². The smallest absolute Gasteiger partial charge is 0.253 e. The molecule has 22 heavy (non-hydrogen) atoms. The van der Waals surface area contributed by atoms with Crippen molar-refractivity contribution in [2.45, 2.75) is 33.7 Å². The molecule has 0 aliphatic heterocycles. The Kier molecular flexibility index (Phi) is 5.39. The monoisotopic (exact) mass is 299 g/mol. The first-order valence-corrected chi connectivity index (χ1v) is 7.80. The van der Waals surface area contributed by atoms with E-state index in [1.54, 1.807) is 0 Å². The molecule has 1 aromatic carbocycles. The highest BCUT2D eigenvalue weighted by molar-refractivity contribution is 5.95. The quantitative estimate of drug-likeness (QED) is 0.861. The van der Waals surface area contributed by atoms with Gasteiger partial charge in [0.05, 0.1) is 5.56 Å². The van der Waals surface area contributed by atoms with Crippen molar-refractivity contribution in [2.24, 2.45) is 0 Å². The third-order valence-corrected chi connectivity index (χ3v) is 3.81. The Balaban J connectivity index is 2.18. The van der Waals surface area contributed by atoms with Crippen LogP contribution in [-0.4, -0.2) is 29.6 Å². The average molecular weight is 299 g/mol. The molecule has 1 aromatic heterocycles. The van der Waals surface area contributed by atoms with Crippen LogP contribution in [0.1, 0.15) is 35.6 Å². The summed E-state index contributed by atoms with van der Waals surface area (Å²) in [5.41, 5.74) is 3.86. The van der Waals surface area contributed by atoms with Crippen LogP contribution in [0.3, 0.4) is 0 Å². The van der Waals surface area contributed by atoms with Crippen molar-refractivity contribution in [3.63, 3.8) is 0 Å². The maximum Gasteiger partial charge on any atom is 0.253 e. The lowest BCUT2D eigenvalue weighted by Crippen LogP contribution is -2.38. The summed E-state index contributed by atoms with van der Waals surface area (Å²) >= 11 is 0. The van der Waals surface area contributed by atoms with Gasteiger partial charge in [-0.05, 0) is 45.5 Å². The fraction of sp³-hybridized carbons (Fsp3) is 0.389. The van der Waals surface area contributed by atoms with E-state index < -0.39 is 0 Å². The van der Waals surface area contributed by atoms with Crippen molar-refractivity contribution in [1.29, 1.82) is 0 Å². The van der Waals surface area contributed by atoms with E-state index in [1.807, 2.05) is 38.1 Å². The molecule has 0 saturated heterocycles. The van der Waals surface area contributed by atoms with E-state index in [-0.39, 0.29) is 11.9 Å². The molecule has 1 atom stereocenters. The highest BCUT2D eigenvalue weighted by Crippen LogP contribution is 2.20. The fourth-order valence-corrected chi connectivity index (χ4v) is 2.73. The second kappa shape index (κ2) is 7.27. The summed E-state index contributed by atoms with van der Waals surface area (Å²) in [5.74, 6) is -0.0139. The first kappa shape index (κ1) is 16.3. The minimum Gasteiger partial charge on any atom is -0.350 e. The van der Waals surface area contributed by atoms with E-state index in [0.717, 1.165) is 29.2 Å². The predicted octanol–water partition coefficient (Wildman–Crippen LogP) is 2.82. The molecule has 0 aliphatic carbocycles. The Morgan fingerprint density at radius 3 is 2.55 bits per heavy atom. The molecule has 0 fully saturated rings. The summed E-state index contributed by atoms with van der Waals surface area (Å²) in [6, 6.07) is 12.3. The zero-order valence-electron chi connectivity index (χ0n) is 13.8.